The molecule has 1 aromatic rings. The van der Waals surface area contributed by atoms with Crippen LogP contribution < -0.4 is 16.0 Å². The van der Waals surface area contributed by atoms with Crippen LogP contribution in [-0.4, -0.2) is 53.5 Å². The van der Waals surface area contributed by atoms with E-state index in [0.717, 1.165) is 62.9 Å². The fraction of sp³-hybridized carbons (Fsp3) is 0.667. The molecule has 1 aromatic carbocycles. The van der Waals surface area contributed by atoms with E-state index in [2.05, 4.69) is 20.9 Å². The molecule has 1 saturated carbocycles. The zero-order valence-corrected chi connectivity index (χ0v) is 18.3. The molecule has 3 N–H and O–H groups in total. The van der Waals surface area contributed by atoms with Crippen LogP contribution in [0.15, 0.2) is 12.1 Å². The molecule has 6 nitrogen and oxygen atoms in total. The number of amides is 2. The standard InChI is InChI=1S/C24H33FN4O2/c1-15-5-6-19(25)18-14-20(27-22(15)18)23(31)26-16-3-2-4-17(13-16)29-11-9-24(10-12-29)8-7-21(30)28-24/h5-6,16-17,20,27H,2-4,7-14H2,1H3,(H,26,31)(H,28,30)/t16-,17?,20?/m1/s1. The average molecular weight is 429 g/mol. The number of halogens is 1. The minimum atomic E-state index is -0.396. The van der Waals surface area contributed by atoms with Crippen LogP contribution in [0.1, 0.15) is 62.5 Å². The maximum absolute atomic E-state index is 14.2. The van der Waals surface area contributed by atoms with Crippen LogP contribution in [0.5, 0.6) is 0 Å². The van der Waals surface area contributed by atoms with Crippen molar-refractivity contribution in [3.8, 4) is 0 Å². The molecule has 3 atom stereocenters. The molecule has 3 heterocycles. The zero-order chi connectivity index (χ0) is 21.6. The van der Waals surface area contributed by atoms with Gasteiger partial charge in [0.05, 0.1) is 0 Å². The lowest BCUT2D eigenvalue weighted by Crippen LogP contribution is -2.55. The summed E-state index contributed by atoms with van der Waals surface area (Å²) in [5.41, 5.74) is 2.42. The number of nitrogens with zero attached hydrogens (tertiary/aromatic N) is 1. The van der Waals surface area contributed by atoms with Gasteiger partial charge in [0.1, 0.15) is 11.9 Å². The summed E-state index contributed by atoms with van der Waals surface area (Å²) in [4.78, 5) is 27.2. The fourth-order valence-electron chi connectivity index (χ4n) is 6.12. The molecular formula is C24H33FN4O2. The Hall–Kier alpha value is -2.15. The van der Waals surface area contributed by atoms with Crippen molar-refractivity contribution in [1.82, 2.24) is 15.5 Å². The van der Waals surface area contributed by atoms with Crippen LogP contribution in [-0.2, 0) is 16.0 Å². The average Bonchev–Trinajstić information content (AvgIpc) is 3.37. The van der Waals surface area contributed by atoms with Crippen LogP contribution in [0.2, 0.25) is 0 Å². The first-order valence-corrected chi connectivity index (χ1v) is 11.8. The van der Waals surface area contributed by atoms with E-state index in [1.54, 1.807) is 6.07 Å². The van der Waals surface area contributed by atoms with E-state index < -0.39 is 6.04 Å². The molecule has 0 bridgehead atoms. The largest absolute Gasteiger partial charge is 0.373 e. The van der Waals surface area contributed by atoms with Crippen LogP contribution in [0.25, 0.3) is 0 Å². The highest BCUT2D eigenvalue weighted by molar-refractivity contribution is 5.88. The van der Waals surface area contributed by atoms with Gasteiger partial charge in [0.2, 0.25) is 11.8 Å². The molecule has 7 heteroatoms. The summed E-state index contributed by atoms with van der Waals surface area (Å²) in [7, 11) is 0. The van der Waals surface area contributed by atoms with E-state index in [1.165, 1.54) is 12.5 Å². The molecule has 3 aliphatic heterocycles. The molecule has 2 amide bonds. The number of hydrogen-bond donors (Lipinski definition) is 3. The zero-order valence-electron chi connectivity index (χ0n) is 18.3. The Kier molecular flexibility index (Phi) is 5.40. The molecule has 4 aliphatic rings. The van der Waals surface area contributed by atoms with Crippen molar-refractivity contribution < 1.29 is 14.0 Å². The van der Waals surface area contributed by atoms with Crippen molar-refractivity contribution in [3.05, 3.63) is 29.1 Å². The van der Waals surface area contributed by atoms with Gasteiger partial charge in [0, 0.05) is 54.8 Å². The SMILES string of the molecule is Cc1ccc(F)c2c1NC(C(=O)N[C@@H]1CCCC(N3CCC4(CCC(=O)N4)CC3)C1)C2. The highest BCUT2D eigenvalue weighted by atomic mass is 19.1. The van der Waals surface area contributed by atoms with Gasteiger partial charge in [-0.15, -0.1) is 0 Å². The number of likely N-dealkylation sites (tertiary alicyclic amines) is 1. The van der Waals surface area contributed by atoms with E-state index in [9.17, 15) is 14.0 Å². The van der Waals surface area contributed by atoms with Gasteiger partial charge in [-0.1, -0.05) is 6.07 Å². The number of anilines is 1. The third-order valence-corrected chi connectivity index (χ3v) is 8.01. The lowest BCUT2D eigenvalue weighted by molar-refractivity contribution is -0.122. The summed E-state index contributed by atoms with van der Waals surface area (Å²) in [5, 5.41) is 9.71. The quantitative estimate of drug-likeness (QED) is 0.692. The predicted octanol–water partition coefficient (Wildman–Crippen LogP) is 2.64. The Morgan fingerprint density at radius 1 is 1.23 bits per heavy atom. The number of piperidine rings is 1. The fourth-order valence-corrected chi connectivity index (χ4v) is 6.12. The summed E-state index contributed by atoms with van der Waals surface area (Å²) in [6.45, 7) is 3.98. The number of fused-ring (bicyclic) bond motifs is 1. The van der Waals surface area contributed by atoms with Crippen molar-refractivity contribution in [2.75, 3.05) is 18.4 Å². The van der Waals surface area contributed by atoms with Gasteiger partial charge in [-0.2, -0.15) is 0 Å². The Bertz CT molecular complexity index is 850. The first-order chi connectivity index (χ1) is 14.9. The van der Waals surface area contributed by atoms with E-state index in [-0.39, 0.29) is 29.2 Å². The van der Waals surface area contributed by atoms with E-state index in [4.69, 9.17) is 0 Å². The summed E-state index contributed by atoms with van der Waals surface area (Å²) in [6.07, 6.45) is 8.36. The highest BCUT2D eigenvalue weighted by Crippen LogP contribution is 2.35. The summed E-state index contributed by atoms with van der Waals surface area (Å²) >= 11 is 0. The Morgan fingerprint density at radius 2 is 2.03 bits per heavy atom. The molecule has 0 radical (unpaired) electrons. The number of rotatable bonds is 3. The number of carbonyl (C=O) groups is 2. The lowest BCUT2D eigenvalue weighted by atomic mass is 9.83. The van der Waals surface area contributed by atoms with Crippen molar-refractivity contribution in [2.45, 2.75) is 88.4 Å². The number of carbonyl (C=O) groups excluding carboxylic acids is 2. The van der Waals surface area contributed by atoms with Crippen LogP contribution >= 0.6 is 0 Å². The van der Waals surface area contributed by atoms with Crippen LogP contribution in [0.4, 0.5) is 10.1 Å². The number of benzene rings is 1. The molecule has 0 aromatic heterocycles. The summed E-state index contributed by atoms with van der Waals surface area (Å²) < 4.78 is 14.2. The molecule has 2 unspecified atom stereocenters. The third kappa shape index (κ3) is 4.04. The van der Waals surface area contributed by atoms with Crippen molar-refractivity contribution >= 4 is 17.5 Å². The smallest absolute Gasteiger partial charge is 0.243 e. The predicted molar refractivity (Wildman–Crippen MR) is 117 cm³/mol. The van der Waals surface area contributed by atoms with Gasteiger partial charge in [-0.3, -0.25) is 9.59 Å². The minimum Gasteiger partial charge on any atom is -0.373 e. The second-order valence-corrected chi connectivity index (χ2v) is 10.0. The Morgan fingerprint density at radius 3 is 2.74 bits per heavy atom. The Balaban J connectivity index is 1.15. The Labute approximate surface area is 183 Å². The molecule has 1 spiro atoms. The maximum Gasteiger partial charge on any atom is 0.243 e. The first-order valence-electron chi connectivity index (χ1n) is 11.8. The van der Waals surface area contributed by atoms with E-state index in [1.807, 2.05) is 6.92 Å². The second kappa shape index (κ2) is 8.08. The second-order valence-electron chi connectivity index (χ2n) is 10.0. The van der Waals surface area contributed by atoms with Gasteiger partial charge in [0.25, 0.3) is 0 Å². The molecule has 2 saturated heterocycles. The summed E-state index contributed by atoms with van der Waals surface area (Å²) in [5.74, 6) is -0.0546. The topological polar surface area (TPSA) is 73.5 Å². The number of nitrogens with one attached hydrogen (secondary N) is 3. The number of hydrogen-bond acceptors (Lipinski definition) is 4. The van der Waals surface area contributed by atoms with Gasteiger partial charge in [-0.05, 0) is 63.5 Å². The van der Waals surface area contributed by atoms with Gasteiger partial charge < -0.3 is 20.9 Å². The van der Waals surface area contributed by atoms with Gasteiger partial charge in [0.15, 0.2) is 0 Å². The maximum atomic E-state index is 14.2. The number of aryl methyl sites for hydroxylation is 1. The van der Waals surface area contributed by atoms with Crippen molar-refractivity contribution in [3.63, 3.8) is 0 Å². The molecule has 168 valence electrons. The molecule has 3 fully saturated rings. The van der Waals surface area contributed by atoms with Crippen molar-refractivity contribution in [2.24, 2.45) is 0 Å². The first kappa shape index (κ1) is 20.7. The van der Waals surface area contributed by atoms with Crippen LogP contribution in [0.3, 0.4) is 0 Å². The van der Waals surface area contributed by atoms with Crippen LogP contribution in [0, 0.1) is 12.7 Å². The van der Waals surface area contributed by atoms with Gasteiger partial charge in [-0.25, -0.2) is 4.39 Å². The lowest BCUT2D eigenvalue weighted by Gasteiger charge is -2.45. The van der Waals surface area contributed by atoms with Gasteiger partial charge >= 0.3 is 0 Å². The minimum absolute atomic E-state index is 0.0214. The van der Waals surface area contributed by atoms with E-state index in [0.29, 0.717) is 24.4 Å². The summed E-state index contributed by atoms with van der Waals surface area (Å²) in [6, 6.07) is 3.51. The molecule has 31 heavy (non-hydrogen) atoms. The third-order valence-electron chi connectivity index (χ3n) is 8.01. The normalized spacial score (nSPS) is 30.0. The highest BCUT2D eigenvalue weighted by Gasteiger charge is 2.42. The molecular weight excluding hydrogens is 395 g/mol. The van der Waals surface area contributed by atoms with Crippen molar-refractivity contribution in [1.29, 1.82) is 0 Å². The van der Waals surface area contributed by atoms with E-state index >= 15 is 0 Å². The molecule has 1 aliphatic carbocycles. The molecule has 5 rings (SSSR count). The monoisotopic (exact) mass is 428 g/mol.